The van der Waals surface area contributed by atoms with Crippen LogP contribution < -0.4 is 10.6 Å². The van der Waals surface area contributed by atoms with Crippen molar-refractivity contribution in [1.82, 2.24) is 0 Å². The average Bonchev–Trinajstić information content (AvgIpc) is 2.42. The summed E-state index contributed by atoms with van der Waals surface area (Å²) in [5.74, 6) is -0.104. The zero-order valence-electron chi connectivity index (χ0n) is 10.8. The lowest BCUT2D eigenvalue weighted by molar-refractivity contribution is 0.102. The molecule has 0 aliphatic heterocycles. The number of aryl methyl sites for hydroxylation is 1. The number of carbonyl (C=O) groups excluding carboxylic acids is 1. The number of rotatable bonds is 3. The van der Waals surface area contributed by atoms with E-state index in [1.165, 1.54) is 0 Å². The van der Waals surface area contributed by atoms with Crippen LogP contribution in [0.3, 0.4) is 0 Å². The van der Waals surface area contributed by atoms with E-state index in [0.717, 1.165) is 21.4 Å². The number of hydrogen-bond acceptors (Lipinski definition) is 2. The van der Waals surface area contributed by atoms with Crippen LogP contribution in [-0.4, -0.2) is 13.0 Å². The lowest BCUT2D eigenvalue weighted by Crippen LogP contribution is -2.12. The van der Waals surface area contributed by atoms with Crippen molar-refractivity contribution in [3.8, 4) is 0 Å². The van der Waals surface area contributed by atoms with Crippen LogP contribution in [0.25, 0.3) is 0 Å². The highest BCUT2D eigenvalue weighted by Crippen LogP contribution is 2.21. The summed E-state index contributed by atoms with van der Waals surface area (Å²) in [6.07, 6.45) is 0. The molecule has 0 aromatic heterocycles. The third-order valence-electron chi connectivity index (χ3n) is 2.87. The van der Waals surface area contributed by atoms with Gasteiger partial charge in [0.1, 0.15) is 0 Å². The highest BCUT2D eigenvalue weighted by atomic mass is 79.9. The van der Waals surface area contributed by atoms with E-state index in [1.54, 1.807) is 12.1 Å². The molecule has 0 spiro atoms. The number of amides is 1. The van der Waals surface area contributed by atoms with Crippen LogP contribution in [0.4, 0.5) is 11.4 Å². The largest absolute Gasteiger partial charge is 0.388 e. The van der Waals surface area contributed by atoms with Crippen LogP contribution >= 0.6 is 15.9 Å². The van der Waals surface area contributed by atoms with Crippen molar-refractivity contribution >= 4 is 33.2 Å². The molecule has 0 radical (unpaired) electrons. The van der Waals surface area contributed by atoms with E-state index in [1.807, 2.05) is 44.3 Å². The molecule has 0 saturated carbocycles. The van der Waals surface area contributed by atoms with Crippen LogP contribution in [0.5, 0.6) is 0 Å². The minimum Gasteiger partial charge on any atom is -0.388 e. The van der Waals surface area contributed by atoms with Gasteiger partial charge in [-0.15, -0.1) is 0 Å². The van der Waals surface area contributed by atoms with Gasteiger partial charge in [-0.1, -0.05) is 15.9 Å². The zero-order chi connectivity index (χ0) is 13.8. The van der Waals surface area contributed by atoms with Crippen LogP contribution in [0.2, 0.25) is 0 Å². The van der Waals surface area contributed by atoms with Crippen molar-refractivity contribution in [3.05, 3.63) is 58.1 Å². The Balaban J connectivity index is 2.15. The Morgan fingerprint density at radius 1 is 1.11 bits per heavy atom. The van der Waals surface area contributed by atoms with Gasteiger partial charge in [-0.3, -0.25) is 4.79 Å². The molecule has 98 valence electrons. The topological polar surface area (TPSA) is 41.1 Å². The molecule has 0 bridgehead atoms. The summed E-state index contributed by atoms with van der Waals surface area (Å²) in [5, 5.41) is 5.93. The Morgan fingerprint density at radius 3 is 2.37 bits per heavy atom. The monoisotopic (exact) mass is 318 g/mol. The molecule has 2 aromatic carbocycles. The molecule has 0 aliphatic rings. The Labute approximate surface area is 121 Å². The first-order chi connectivity index (χ1) is 9.10. The molecule has 19 heavy (non-hydrogen) atoms. The average molecular weight is 319 g/mol. The second-order valence-electron chi connectivity index (χ2n) is 4.24. The molecule has 1 amide bonds. The number of benzene rings is 2. The van der Waals surface area contributed by atoms with E-state index in [4.69, 9.17) is 0 Å². The van der Waals surface area contributed by atoms with Crippen molar-refractivity contribution in [2.24, 2.45) is 0 Å². The number of nitrogens with one attached hydrogen (secondary N) is 2. The maximum absolute atomic E-state index is 12.1. The minimum atomic E-state index is -0.104. The number of anilines is 2. The summed E-state index contributed by atoms with van der Waals surface area (Å²) in [4.78, 5) is 12.1. The van der Waals surface area contributed by atoms with Gasteiger partial charge in [0.2, 0.25) is 0 Å². The van der Waals surface area contributed by atoms with Gasteiger partial charge in [-0.2, -0.15) is 0 Å². The minimum absolute atomic E-state index is 0.104. The summed E-state index contributed by atoms with van der Waals surface area (Å²) >= 11 is 3.40. The summed E-state index contributed by atoms with van der Waals surface area (Å²) < 4.78 is 1.00. The van der Waals surface area contributed by atoms with Gasteiger partial charge in [0.25, 0.3) is 5.91 Å². The smallest absolute Gasteiger partial charge is 0.255 e. The van der Waals surface area contributed by atoms with Gasteiger partial charge in [0, 0.05) is 28.5 Å². The lowest BCUT2D eigenvalue weighted by atomic mass is 10.1. The molecule has 0 unspecified atom stereocenters. The molecule has 2 aromatic rings. The fourth-order valence-corrected chi connectivity index (χ4v) is 2.23. The van der Waals surface area contributed by atoms with E-state index in [9.17, 15) is 4.79 Å². The van der Waals surface area contributed by atoms with Crippen molar-refractivity contribution in [2.75, 3.05) is 17.7 Å². The number of hydrogen-bond donors (Lipinski definition) is 2. The SMILES string of the molecule is CNc1ccc(C(=O)Nc2ccc(Br)cc2C)cc1. The van der Waals surface area contributed by atoms with Gasteiger partial charge >= 0.3 is 0 Å². The van der Waals surface area contributed by atoms with E-state index < -0.39 is 0 Å². The molecule has 0 heterocycles. The molecule has 0 atom stereocenters. The Hall–Kier alpha value is -1.81. The fraction of sp³-hybridized carbons (Fsp3) is 0.133. The lowest BCUT2D eigenvalue weighted by Gasteiger charge is -2.09. The van der Waals surface area contributed by atoms with E-state index >= 15 is 0 Å². The standard InChI is InChI=1S/C15H15BrN2O/c1-10-9-12(16)5-8-14(10)18-15(19)11-3-6-13(17-2)7-4-11/h3-9,17H,1-2H3,(H,18,19). The van der Waals surface area contributed by atoms with Gasteiger partial charge in [-0.05, 0) is 55.0 Å². The van der Waals surface area contributed by atoms with Crippen molar-refractivity contribution in [1.29, 1.82) is 0 Å². The molecule has 0 fully saturated rings. The highest BCUT2D eigenvalue weighted by molar-refractivity contribution is 9.10. The van der Waals surface area contributed by atoms with E-state index in [2.05, 4.69) is 26.6 Å². The first-order valence-electron chi connectivity index (χ1n) is 5.95. The molecule has 4 heteroatoms. The van der Waals surface area contributed by atoms with Gasteiger partial charge in [0.05, 0.1) is 0 Å². The normalized spacial score (nSPS) is 10.1. The maximum Gasteiger partial charge on any atom is 0.255 e. The van der Waals surface area contributed by atoms with Gasteiger partial charge in [0.15, 0.2) is 0 Å². The molecular weight excluding hydrogens is 304 g/mol. The first kappa shape index (κ1) is 13.6. The summed E-state index contributed by atoms with van der Waals surface area (Å²) in [6.45, 7) is 1.96. The zero-order valence-corrected chi connectivity index (χ0v) is 12.4. The van der Waals surface area contributed by atoms with E-state index in [0.29, 0.717) is 5.56 Å². The predicted molar refractivity (Wildman–Crippen MR) is 82.8 cm³/mol. The number of halogens is 1. The van der Waals surface area contributed by atoms with Crippen molar-refractivity contribution < 1.29 is 4.79 Å². The molecule has 0 saturated heterocycles. The molecule has 2 rings (SSSR count). The predicted octanol–water partition coefficient (Wildman–Crippen LogP) is 4.05. The third kappa shape index (κ3) is 3.35. The van der Waals surface area contributed by atoms with E-state index in [-0.39, 0.29) is 5.91 Å². The van der Waals surface area contributed by atoms with Gasteiger partial charge < -0.3 is 10.6 Å². The maximum atomic E-state index is 12.1. The molecule has 3 nitrogen and oxygen atoms in total. The highest BCUT2D eigenvalue weighted by Gasteiger charge is 2.07. The summed E-state index contributed by atoms with van der Waals surface area (Å²) in [7, 11) is 1.85. The Morgan fingerprint density at radius 2 is 1.79 bits per heavy atom. The molecule has 0 aliphatic carbocycles. The summed E-state index contributed by atoms with van der Waals surface area (Å²) in [5.41, 5.74) is 3.47. The Kier molecular flexibility index (Phi) is 4.22. The number of carbonyl (C=O) groups is 1. The Bertz CT molecular complexity index is 594. The first-order valence-corrected chi connectivity index (χ1v) is 6.75. The second kappa shape index (κ2) is 5.89. The van der Waals surface area contributed by atoms with Crippen LogP contribution in [-0.2, 0) is 0 Å². The van der Waals surface area contributed by atoms with Crippen molar-refractivity contribution in [3.63, 3.8) is 0 Å². The quantitative estimate of drug-likeness (QED) is 0.896. The van der Waals surface area contributed by atoms with Gasteiger partial charge in [-0.25, -0.2) is 0 Å². The van der Waals surface area contributed by atoms with Crippen molar-refractivity contribution in [2.45, 2.75) is 6.92 Å². The second-order valence-corrected chi connectivity index (χ2v) is 5.16. The fourth-order valence-electron chi connectivity index (χ4n) is 1.75. The molecular formula is C15H15BrN2O. The third-order valence-corrected chi connectivity index (χ3v) is 3.37. The summed E-state index contributed by atoms with van der Waals surface area (Å²) in [6, 6.07) is 13.1. The van der Waals surface area contributed by atoms with Crippen LogP contribution in [0.15, 0.2) is 46.9 Å². The molecule has 2 N–H and O–H groups in total. The van der Waals surface area contributed by atoms with Crippen LogP contribution in [0.1, 0.15) is 15.9 Å². The van der Waals surface area contributed by atoms with Crippen LogP contribution in [0, 0.1) is 6.92 Å².